The minimum atomic E-state index is 0.533. The monoisotopic (exact) mass is 548 g/mol. The molecule has 3 N–H and O–H groups in total. The summed E-state index contributed by atoms with van der Waals surface area (Å²) in [5.74, 6) is 0.533. The van der Waals surface area contributed by atoms with Gasteiger partial charge in [0.1, 0.15) is 5.69 Å². The molecule has 1 saturated carbocycles. The average molecular weight is 549 g/mol. The van der Waals surface area contributed by atoms with Crippen molar-refractivity contribution in [1.29, 1.82) is 0 Å². The van der Waals surface area contributed by atoms with Crippen LogP contribution in [0.5, 0.6) is 0 Å². The van der Waals surface area contributed by atoms with Crippen LogP contribution in [0.15, 0.2) is 67.8 Å². The molecule has 1 aliphatic carbocycles. The maximum absolute atomic E-state index is 4.71. The van der Waals surface area contributed by atoms with Crippen LogP contribution in [0.3, 0.4) is 0 Å². The van der Waals surface area contributed by atoms with E-state index in [2.05, 4.69) is 86.7 Å². The molecule has 4 aromatic rings. The number of likely N-dealkylation sites (N-methyl/N-ethyl adjacent to an activating group) is 1. The van der Waals surface area contributed by atoms with Gasteiger partial charge in [0.2, 0.25) is 0 Å². The van der Waals surface area contributed by atoms with Crippen molar-refractivity contribution in [3.63, 3.8) is 0 Å². The average Bonchev–Trinajstić information content (AvgIpc) is 3.60. The molecule has 0 unspecified atom stereocenters. The first-order valence-corrected chi connectivity index (χ1v) is 14.7. The molecule has 5 heterocycles. The molecule has 8 nitrogen and oxygen atoms in total. The number of allylic oxidation sites excluding steroid dienone is 3. The molecule has 212 valence electrons. The van der Waals surface area contributed by atoms with Crippen LogP contribution < -0.4 is 5.32 Å². The summed E-state index contributed by atoms with van der Waals surface area (Å²) < 4.78 is 0. The number of hydrogen-bond donors (Lipinski definition) is 3. The zero-order valence-electron chi connectivity index (χ0n) is 24.2. The highest BCUT2D eigenvalue weighted by molar-refractivity contribution is 5.93. The van der Waals surface area contributed by atoms with E-state index >= 15 is 0 Å². The van der Waals surface area contributed by atoms with Crippen LogP contribution in [0.1, 0.15) is 43.4 Å². The number of anilines is 1. The summed E-state index contributed by atoms with van der Waals surface area (Å²) in [6.07, 6.45) is 15.9. The maximum atomic E-state index is 4.71. The fraction of sp³-hybridized carbons (Fsp3) is 0.364. The second-order valence-electron chi connectivity index (χ2n) is 11.4. The van der Waals surface area contributed by atoms with Crippen molar-refractivity contribution < 1.29 is 0 Å². The highest BCUT2D eigenvalue weighted by Crippen LogP contribution is 2.34. The van der Waals surface area contributed by atoms with Crippen molar-refractivity contribution in [1.82, 2.24) is 34.9 Å². The van der Waals surface area contributed by atoms with Gasteiger partial charge < -0.3 is 20.1 Å². The Kier molecular flexibility index (Phi) is 7.74. The number of fused-ring (bicyclic) bond motifs is 1. The summed E-state index contributed by atoms with van der Waals surface area (Å²) >= 11 is 0. The van der Waals surface area contributed by atoms with E-state index in [1.807, 2.05) is 24.7 Å². The Hall–Kier alpha value is -4.17. The summed E-state index contributed by atoms with van der Waals surface area (Å²) in [5.41, 5.74) is 10.1. The van der Waals surface area contributed by atoms with Crippen LogP contribution in [0, 0.1) is 12.8 Å². The minimum absolute atomic E-state index is 0.533. The Morgan fingerprint density at radius 3 is 2.59 bits per heavy atom. The largest absolute Gasteiger partial charge is 0.368 e. The second-order valence-corrected chi connectivity index (χ2v) is 11.4. The van der Waals surface area contributed by atoms with Gasteiger partial charge in [-0.15, -0.1) is 0 Å². The molecule has 41 heavy (non-hydrogen) atoms. The lowest BCUT2D eigenvalue weighted by Gasteiger charge is -2.35. The fourth-order valence-electron chi connectivity index (χ4n) is 6.15. The van der Waals surface area contributed by atoms with Crippen molar-refractivity contribution in [2.45, 2.75) is 39.0 Å². The van der Waals surface area contributed by atoms with E-state index in [4.69, 9.17) is 4.98 Å². The quantitative estimate of drug-likeness (QED) is 0.215. The number of hydrogen-bond acceptors (Lipinski definition) is 6. The van der Waals surface area contributed by atoms with Crippen LogP contribution in [-0.2, 0) is 0 Å². The third-order valence-electron chi connectivity index (χ3n) is 8.56. The second kappa shape index (κ2) is 11.7. The van der Waals surface area contributed by atoms with E-state index in [0.29, 0.717) is 5.92 Å². The van der Waals surface area contributed by atoms with Gasteiger partial charge in [-0.1, -0.05) is 38.5 Å². The van der Waals surface area contributed by atoms with Crippen molar-refractivity contribution >= 4 is 22.4 Å². The summed E-state index contributed by atoms with van der Waals surface area (Å²) in [6.45, 7) is 14.5. The maximum Gasteiger partial charge on any atom is 0.155 e. The zero-order valence-corrected chi connectivity index (χ0v) is 24.2. The van der Waals surface area contributed by atoms with Gasteiger partial charge in [-0.05, 0) is 57.0 Å². The zero-order chi connectivity index (χ0) is 28.3. The number of nitrogens with one attached hydrogen (secondary N) is 3. The number of aryl methyl sites for hydroxylation is 1. The number of pyridine rings is 2. The SMILES string of the molecule is C=C/C=C(\c1cc(-c2n[nH]c3ncc(-c4cncc(NC(=C)C5CCCCC5)c4)cc23)[nH]c1C)N1CCN(C)CC1. The number of H-pyrrole nitrogens is 2. The third-order valence-corrected chi connectivity index (χ3v) is 8.56. The van der Waals surface area contributed by atoms with E-state index in [0.717, 1.165) is 76.8 Å². The lowest BCUT2D eigenvalue weighted by Crippen LogP contribution is -2.43. The van der Waals surface area contributed by atoms with Crippen molar-refractivity contribution in [2.75, 3.05) is 38.5 Å². The number of nitrogens with zero attached hydrogens (tertiary/aromatic N) is 5. The normalized spacial score (nSPS) is 17.2. The van der Waals surface area contributed by atoms with Gasteiger partial charge in [0.25, 0.3) is 0 Å². The highest BCUT2D eigenvalue weighted by atomic mass is 15.3. The molecule has 0 radical (unpaired) electrons. The molecule has 6 rings (SSSR count). The van der Waals surface area contributed by atoms with E-state index in [9.17, 15) is 0 Å². The number of piperazine rings is 1. The lowest BCUT2D eigenvalue weighted by atomic mass is 9.87. The van der Waals surface area contributed by atoms with Gasteiger partial charge in [-0.25, -0.2) is 4.98 Å². The number of aromatic nitrogens is 5. The van der Waals surface area contributed by atoms with Gasteiger partial charge in [-0.2, -0.15) is 5.10 Å². The Morgan fingerprint density at radius 2 is 1.80 bits per heavy atom. The highest BCUT2D eigenvalue weighted by Gasteiger charge is 2.22. The molecule has 1 saturated heterocycles. The first kappa shape index (κ1) is 27.0. The van der Waals surface area contributed by atoms with Crippen LogP contribution >= 0.6 is 0 Å². The molecule has 8 heteroatoms. The smallest absolute Gasteiger partial charge is 0.155 e. The van der Waals surface area contributed by atoms with Crippen LogP contribution in [0.4, 0.5) is 5.69 Å². The lowest BCUT2D eigenvalue weighted by molar-refractivity contribution is 0.207. The summed E-state index contributed by atoms with van der Waals surface area (Å²) in [5, 5.41) is 12.3. The van der Waals surface area contributed by atoms with E-state index in [1.54, 1.807) is 0 Å². The summed E-state index contributed by atoms with van der Waals surface area (Å²) in [6, 6.07) is 6.48. The first-order valence-electron chi connectivity index (χ1n) is 14.7. The van der Waals surface area contributed by atoms with E-state index in [1.165, 1.54) is 43.4 Å². The standard InChI is InChI=1S/C33H40N8/c1-5-9-31(41-14-12-40(4)13-15-41)28-18-30(37-23(28)3)32-29-17-26(20-35-33(29)39-38-32)25-16-27(21-34-19-25)36-22(2)24-10-7-6-8-11-24/h5,9,16-21,24,36-37H,1-2,6-8,10-15H2,3-4H3,(H,35,38,39)/b31-9+. The van der Waals surface area contributed by atoms with Crippen molar-refractivity contribution in [3.8, 4) is 22.5 Å². The topological polar surface area (TPSA) is 88.8 Å². The Balaban J connectivity index is 1.28. The molecule has 2 fully saturated rings. The minimum Gasteiger partial charge on any atom is -0.368 e. The fourth-order valence-corrected chi connectivity index (χ4v) is 6.15. The van der Waals surface area contributed by atoms with Gasteiger partial charge in [0, 0.05) is 77.7 Å². The molecular formula is C33H40N8. The number of rotatable bonds is 8. The first-order chi connectivity index (χ1) is 20.0. The molecule has 0 spiro atoms. The molecule has 4 aromatic heterocycles. The summed E-state index contributed by atoms with van der Waals surface area (Å²) in [4.78, 5) is 17.6. The van der Waals surface area contributed by atoms with Gasteiger partial charge in [0.15, 0.2) is 5.65 Å². The third kappa shape index (κ3) is 5.70. The molecule has 2 aliphatic rings. The predicted octanol–water partition coefficient (Wildman–Crippen LogP) is 6.60. The predicted molar refractivity (Wildman–Crippen MR) is 168 cm³/mol. The van der Waals surface area contributed by atoms with Gasteiger partial charge in [-0.3, -0.25) is 10.1 Å². The Bertz CT molecular complexity index is 1580. The molecule has 0 amide bonds. The molecule has 0 bridgehead atoms. The summed E-state index contributed by atoms with van der Waals surface area (Å²) in [7, 11) is 2.18. The molecular weight excluding hydrogens is 508 g/mol. The Labute approximate surface area is 242 Å². The van der Waals surface area contributed by atoms with Crippen LogP contribution in [0.2, 0.25) is 0 Å². The Morgan fingerprint density at radius 1 is 1.02 bits per heavy atom. The van der Waals surface area contributed by atoms with Gasteiger partial charge >= 0.3 is 0 Å². The molecule has 0 aromatic carbocycles. The van der Waals surface area contributed by atoms with E-state index in [-0.39, 0.29) is 0 Å². The molecule has 0 atom stereocenters. The molecule has 1 aliphatic heterocycles. The van der Waals surface area contributed by atoms with Crippen LogP contribution in [-0.4, -0.2) is 68.2 Å². The van der Waals surface area contributed by atoms with Crippen molar-refractivity contribution in [3.05, 3.63) is 79.1 Å². The number of aromatic amines is 2. The van der Waals surface area contributed by atoms with Crippen LogP contribution in [0.25, 0.3) is 39.2 Å². The van der Waals surface area contributed by atoms with Gasteiger partial charge in [0.05, 0.1) is 17.6 Å². The van der Waals surface area contributed by atoms with E-state index < -0.39 is 0 Å². The van der Waals surface area contributed by atoms with Crippen molar-refractivity contribution in [2.24, 2.45) is 5.92 Å².